The van der Waals surface area contributed by atoms with E-state index in [9.17, 15) is 9.59 Å². The fraction of sp³-hybridized carbons (Fsp3) is 0.125. The second kappa shape index (κ2) is 6.71. The van der Waals surface area contributed by atoms with Crippen LogP contribution in [0.5, 0.6) is 0 Å². The lowest BCUT2D eigenvalue weighted by atomic mass is 9.99. The molecule has 0 radical (unpaired) electrons. The summed E-state index contributed by atoms with van der Waals surface area (Å²) in [6, 6.07) is 21.2. The molecule has 3 aromatic carbocycles. The molecular weight excluding hydrogens is 364 g/mol. The van der Waals surface area contributed by atoms with Gasteiger partial charge in [0.1, 0.15) is 0 Å². The minimum Gasteiger partial charge on any atom is -0.340 e. The second-order valence-corrected chi connectivity index (χ2v) is 7.15. The van der Waals surface area contributed by atoms with Crippen molar-refractivity contribution >= 4 is 39.3 Å². The van der Waals surface area contributed by atoms with Crippen LogP contribution in [0, 0.1) is 0 Å². The maximum absolute atomic E-state index is 12.9. The van der Waals surface area contributed by atoms with E-state index in [2.05, 4.69) is 15.8 Å². The molecule has 142 valence electrons. The Morgan fingerprint density at radius 3 is 2.55 bits per heavy atom. The van der Waals surface area contributed by atoms with Crippen LogP contribution in [-0.2, 0) is 16.2 Å². The first-order chi connectivity index (χ1) is 14.1. The van der Waals surface area contributed by atoms with Gasteiger partial charge in [0.2, 0.25) is 0 Å². The zero-order valence-electron chi connectivity index (χ0n) is 15.9. The lowest BCUT2D eigenvalue weighted by Gasteiger charge is -2.17. The number of fused-ring (bicyclic) bond motifs is 3. The standard InChI is InChI=1S/C24H18N2O3/c1-15(27)29-25-21-12-13-26-22-11-10-17(24(28)16-6-3-2-4-7-16)14-20(22)18-8-5-9-19(21)23(18)26/h2-11,14H,12-13H2,1H3/b25-21+. The fourth-order valence-electron chi connectivity index (χ4n) is 4.09. The Morgan fingerprint density at radius 2 is 1.76 bits per heavy atom. The predicted molar refractivity (Wildman–Crippen MR) is 112 cm³/mol. The SMILES string of the molecule is CC(=O)O/N=C1\CCn2c3ccc(C(=O)c4ccccc4)cc3c3cccc1c32. The van der Waals surface area contributed by atoms with Gasteiger partial charge in [-0.2, -0.15) is 0 Å². The van der Waals surface area contributed by atoms with E-state index in [1.54, 1.807) is 0 Å². The molecule has 5 heteroatoms. The molecule has 0 saturated heterocycles. The van der Waals surface area contributed by atoms with Crippen molar-refractivity contribution < 1.29 is 14.4 Å². The number of aryl methyl sites for hydroxylation is 1. The van der Waals surface area contributed by atoms with Crippen LogP contribution in [0.3, 0.4) is 0 Å². The molecule has 29 heavy (non-hydrogen) atoms. The average Bonchev–Trinajstić information content (AvgIpc) is 3.08. The highest BCUT2D eigenvalue weighted by molar-refractivity contribution is 6.20. The molecule has 0 bridgehead atoms. The molecule has 2 heterocycles. The molecule has 5 rings (SSSR count). The predicted octanol–water partition coefficient (Wildman–Crippen LogP) is 4.70. The molecule has 1 aromatic heterocycles. The number of benzene rings is 3. The summed E-state index contributed by atoms with van der Waals surface area (Å²) in [6.07, 6.45) is 0.674. The summed E-state index contributed by atoms with van der Waals surface area (Å²) in [4.78, 5) is 29.0. The molecule has 0 atom stereocenters. The summed E-state index contributed by atoms with van der Waals surface area (Å²) in [6.45, 7) is 2.08. The Labute approximate surface area is 167 Å². The van der Waals surface area contributed by atoms with E-state index in [0.29, 0.717) is 17.5 Å². The van der Waals surface area contributed by atoms with Crippen LogP contribution in [0.2, 0.25) is 0 Å². The normalized spacial score (nSPS) is 14.4. The van der Waals surface area contributed by atoms with Crippen LogP contribution in [0.25, 0.3) is 21.8 Å². The maximum atomic E-state index is 12.9. The lowest BCUT2D eigenvalue weighted by molar-refractivity contribution is -0.140. The van der Waals surface area contributed by atoms with E-state index < -0.39 is 5.97 Å². The van der Waals surface area contributed by atoms with Crippen LogP contribution < -0.4 is 0 Å². The number of aromatic nitrogens is 1. The monoisotopic (exact) mass is 382 g/mol. The van der Waals surface area contributed by atoms with Gasteiger partial charge in [-0.25, -0.2) is 4.79 Å². The minimum absolute atomic E-state index is 0.0107. The number of carbonyl (C=O) groups is 2. The van der Waals surface area contributed by atoms with Gasteiger partial charge in [-0.15, -0.1) is 0 Å². The average molecular weight is 382 g/mol. The molecule has 0 N–H and O–H groups in total. The van der Waals surface area contributed by atoms with Crippen molar-refractivity contribution in [1.82, 2.24) is 4.57 Å². The Hall–Kier alpha value is -3.73. The van der Waals surface area contributed by atoms with Gasteiger partial charge in [0.25, 0.3) is 0 Å². The number of oxime groups is 1. The highest BCUT2D eigenvalue weighted by Gasteiger charge is 2.23. The van der Waals surface area contributed by atoms with Gasteiger partial charge >= 0.3 is 5.97 Å². The summed E-state index contributed by atoms with van der Waals surface area (Å²) in [5, 5.41) is 6.17. The molecule has 5 nitrogen and oxygen atoms in total. The Balaban J connectivity index is 1.69. The Kier molecular flexibility index (Phi) is 4.02. The minimum atomic E-state index is -0.431. The van der Waals surface area contributed by atoms with Gasteiger partial charge in [0.15, 0.2) is 5.78 Å². The topological polar surface area (TPSA) is 60.7 Å². The maximum Gasteiger partial charge on any atom is 0.331 e. The molecule has 0 aliphatic carbocycles. The van der Waals surface area contributed by atoms with Gasteiger partial charge in [0.05, 0.1) is 11.2 Å². The van der Waals surface area contributed by atoms with Gasteiger partial charge in [-0.3, -0.25) is 4.79 Å². The van der Waals surface area contributed by atoms with Crippen LogP contribution in [0.15, 0.2) is 71.9 Å². The molecule has 1 aliphatic heterocycles. The van der Waals surface area contributed by atoms with Crippen molar-refractivity contribution in [3.05, 3.63) is 83.4 Å². The number of ketones is 1. The summed E-state index contributed by atoms with van der Waals surface area (Å²) in [5.74, 6) is -0.420. The number of hydrogen-bond donors (Lipinski definition) is 0. The number of rotatable bonds is 3. The van der Waals surface area contributed by atoms with E-state index in [-0.39, 0.29) is 5.78 Å². The Morgan fingerprint density at radius 1 is 0.931 bits per heavy atom. The third-order valence-electron chi connectivity index (χ3n) is 5.35. The van der Waals surface area contributed by atoms with Crippen LogP contribution in [0.1, 0.15) is 34.8 Å². The van der Waals surface area contributed by atoms with Crippen LogP contribution in [-0.4, -0.2) is 22.0 Å². The number of hydrogen-bond acceptors (Lipinski definition) is 4. The van der Waals surface area contributed by atoms with Crippen molar-refractivity contribution in [1.29, 1.82) is 0 Å². The largest absolute Gasteiger partial charge is 0.340 e. The van der Waals surface area contributed by atoms with E-state index in [1.807, 2.05) is 60.7 Å². The van der Waals surface area contributed by atoms with E-state index in [0.717, 1.165) is 39.6 Å². The number of carbonyl (C=O) groups excluding carboxylic acids is 2. The molecule has 0 amide bonds. The summed E-state index contributed by atoms with van der Waals surface area (Å²) in [7, 11) is 0. The summed E-state index contributed by atoms with van der Waals surface area (Å²) >= 11 is 0. The third-order valence-corrected chi connectivity index (χ3v) is 5.35. The number of para-hydroxylation sites is 1. The summed E-state index contributed by atoms with van der Waals surface area (Å²) in [5.41, 5.74) is 5.22. The molecule has 4 aromatic rings. The zero-order chi connectivity index (χ0) is 20.0. The van der Waals surface area contributed by atoms with E-state index >= 15 is 0 Å². The van der Waals surface area contributed by atoms with Gasteiger partial charge in [0, 0.05) is 52.9 Å². The molecule has 0 spiro atoms. The van der Waals surface area contributed by atoms with Gasteiger partial charge in [-0.05, 0) is 18.2 Å². The van der Waals surface area contributed by atoms with Crippen molar-refractivity contribution in [2.75, 3.05) is 0 Å². The van der Waals surface area contributed by atoms with Crippen molar-refractivity contribution in [3.63, 3.8) is 0 Å². The van der Waals surface area contributed by atoms with Crippen molar-refractivity contribution in [2.45, 2.75) is 19.9 Å². The summed E-state index contributed by atoms with van der Waals surface area (Å²) < 4.78 is 2.25. The quantitative estimate of drug-likeness (QED) is 0.293. The lowest BCUT2D eigenvalue weighted by Crippen LogP contribution is -2.15. The van der Waals surface area contributed by atoms with Gasteiger partial charge in [-0.1, -0.05) is 53.7 Å². The molecule has 0 fully saturated rings. The van der Waals surface area contributed by atoms with Gasteiger partial charge < -0.3 is 9.40 Å². The second-order valence-electron chi connectivity index (χ2n) is 7.15. The fourth-order valence-corrected chi connectivity index (χ4v) is 4.09. The highest BCUT2D eigenvalue weighted by Crippen LogP contribution is 2.35. The smallest absolute Gasteiger partial charge is 0.331 e. The molecular formula is C24H18N2O3. The van der Waals surface area contributed by atoms with Crippen molar-refractivity contribution in [2.24, 2.45) is 5.16 Å². The first kappa shape index (κ1) is 17.4. The third kappa shape index (κ3) is 2.83. The molecule has 0 unspecified atom stereocenters. The number of nitrogens with zero attached hydrogens (tertiary/aromatic N) is 2. The first-order valence-electron chi connectivity index (χ1n) is 9.53. The molecule has 0 saturated carbocycles. The zero-order valence-corrected chi connectivity index (χ0v) is 15.9. The van der Waals surface area contributed by atoms with Crippen molar-refractivity contribution in [3.8, 4) is 0 Å². The molecule has 1 aliphatic rings. The van der Waals surface area contributed by atoms with E-state index in [4.69, 9.17) is 4.84 Å². The first-order valence-corrected chi connectivity index (χ1v) is 9.53. The van der Waals surface area contributed by atoms with Crippen LogP contribution >= 0.6 is 0 Å². The highest BCUT2D eigenvalue weighted by atomic mass is 16.7. The van der Waals surface area contributed by atoms with E-state index in [1.165, 1.54) is 6.92 Å². The Bertz CT molecular complexity index is 1320. The van der Waals surface area contributed by atoms with Crippen LogP contribution in [0.4, 0.5) is 0 Å².